The zero-order valence-electron chi connectivity index (χ0n) is 10.5. The third-order valence-corrected chi connectivity index (χ3v) is 4.07. The molecule has 0 bridgehead atoms. The van der Waals surface area contributed by atoms with Crippen LogP contribution in [0.2, 0.25) is 0 Å². The van der Waals surface area contributed by atoms with Crippen LogP contribution in [0.4, 0.5) is 5.69 Å². The number of carboxylic acids is 1. The Hall–Kier alpha value is -2.02. The maximum atomic E-state index is 11.6. The molecule has 1 aromatic heterocycles. The maximum absolute atomic E-state index is 11.6. The standard InChI is InChI=1S/C12H14N2O4S/c1-3-19(17,18)14-10-8-6-7(2)4-5-9(8)13-11(10)12(15)16/h4-6,13-14H,3H2,1-2H3,(H,15,16)/p-1. The molecule has 0 aliphatic heterocycles. The Kier molecular flexibility index (Phi) is 3.23. The van der Waals surface area contributed by atoms with E-state index < -0.39 is 16.0 Å². The smallest absolute Gasteiger partial charge is 0.232 e. The van der Waals surface area contributed by atoms with Crippen LogP contribution in [-0.4, -0.2) is 25.1 Å². The molecule has 1 aromatic carbocycles. The number of aromatic nitrogens is 1. The highest BCUT2D eigenvalue weighted by Gasteiger charge is 2.17. The number of aryl methyl sites for hydroxylation is 1. The van der Waals surface area contributed by atoms with Gasteiger partial charge in [0.25, 0.3) is 0 Å². The molecule has 0 saturated heterocycles. The second kappa shape index (κ2) is 4.58. The van der Waals surface area contributed by atoms with E-state index in [2.05, 4.69) is 9.71 Å². The summed E-state index contributed by atoms with van der Waals surface area (Å²) in [5, 5.41) is 11.6. The third-order valence-electron chi connectivity index (χ3n) is 2.80. The van der Waals surface area contributed by atoms with Gasteiger partial charge in [-0.15, -0.1) is 0 Å². The normalized spacial score (nSPS) is 11.7. The molecule has 2 rings (SSSR count). The van der Waals surface area contributed by atoms with E-state index in [0.29, 0.717) is 10.9 Å². The van der Waals surface area contributed by atoms with E-state index in [1.165, 1.54) is 6.92 Å². The highest BCUT2D eigenvalue weighted by Crippen LogP contribution is 2.29. The molecule has 102 valence electrons. The minimum atomic E-state index is -3.56. The number of sulfonamides is 1. The van der Waals surface area contributed by atoms with Gasteiger partial charge in [0.15, 0.2) is 0 Å². The van der Waals surface area contributed by atoms with Gasteiger partial charge < -0.3 is 14.9 Å². The predicted octanol–water partition coefficient (Wildman–Crippen LogP) is 0.601. The van der Waals surface area contributed by atoms with Crippen LogP contribution in [0, 0.1) is 6.92 Å². The summed E-state index contributed by atoms with van der Waals surface area (Å²) >= 11 is 0. The molecule has 0 aliphatic rings. The highest BCUT2D eigenvalue weighted by atomic mass is 32.2. The molecule has 0 amide bonds. The molecular formula is C12H13N2O4S-. The lowest BCUT2D eigenvalue weighted by Gasteiger charge is -2.08. The number of H-pyrrole nitrogens is 1. The minimum Gasteiger partial charge on any atom is -0.543 e. The van der Waals surface area contributed by atoms with Crippen LogP contribution >= 0.6 is 0 Å². The second-order valence-corrected chi connectivity index (χ2v) is 6.23. The Balaban J connectivity index is 2.71. The average Bonchev–Trinajstić information content (AvgIpc) is 2.67. The lowest BCUT2D eigenvalue weighted by molar-refractivity contribution is -0.255. The van der Waals surface area contributed by atoms with Crippen LogP contribution in [0.15, 0.2) is 18.2 Å². The van der Waals surface area contributed by atoms with E-state index in [4.69, 9.17) is 0 Å². The van der Waals surface area contributed by atoms with Crippen LogP contribution in [0.25, 0.3) is 10.9 Å². The summed E-state index contributed by atoms with van der Waals surface area (Å²) in [4.78, 5) is 13.7. The van der Waals surface area contributed by atoms with Gasteiger partial charge in [-0.2, -0.15) is 0 Å². The molecular weight excluding hydrogens is 268 g/mol. The van der Waals surface area contributed by atoms with E-state index in [1.54, 1.807) is 18.2 Å². The van der Waals surface area contributed by atoms with Gasteiger partial charge in [-0.3, -0.25) is 4.72 Å². The number of hydrogen-bond donors (Lipinski definition) is 2. The number of hydrogen-bond acceptors (Lipinski definition) is 4. The zero-order valence-corrected chi connectivity index (χ0v) is 11.3. The van der Waals surface area contributed by atoms with E-state index in [0.717, 1.165) is 5.56 Å². The number of nitrogens with one attached hydrogen (secondary N) is 2. The van der Waals surface area contributed by atoms with Crippen LogP contribution in [0.5, 0.6) is 0 Å². The molecule has 0 unspecified atom stereocenters. The van der Waals surface area contributed by atoms with Gasteiger partial charge in [-0.25, -0.2) is 8.42 Å². The molecule has 2 aromatic rings. The molecule has 19 heavy (non-hydrogen) atoms. The Labute approximate surface area is 110 Å². The largest absolute Gasteiger partial charge is 0.543 e. The number of carboxylic acid groups (broad SMARTS) is 1. The van der Waals surface area contributed by atoms with Crippen molar-refractivity contribution in [3.63, 3.8) is 0 Å². The van der Waals surface area contributed by atoms with Crippen molar-refractivity contribution in [3.8, 4) is 0 Å². The maximum Gasteiger partial charge on any atom is 0.232 e. The number of benzene rings is 1. The van der Waals surface area contributed by atoms with Gasteiger partial charge >= 0.3 is 0 Å². The lowest BCUT2D eigenvalue weighted by atomic mass is 10.1. The molecule has 2 N–H and O–H groups in total. The predicted molar refractivity (Wildman–Crippen MR) is 70.4 cm³/mol. The molecule has 1 heterocycles. The molecule has 0 fully saturated rings. The van der Waals surface area contributed by atoms with Crippen molar-refractivity contribution in [3.05, 3.63) is 29.5 Å². The van der Waals surface area contributed by atoms with Crippen LogP contribution in [-0.2, 0) is 10.0 Å². The second-order valence-electron chi connectivity index (χ2n) is 4.22. The molecule has 6 nitrogen and oxygen atoms in total. The summed E-state index contributed by atoms with van der Waals surface area (Å²) in [6, 6.07) is 5.21. The van der Waals surface area contributed by atoms with Crippen LogP contribution in [0.3, 0.4) is 0 Å². The number of anilines is 1. The quantitative estimate of drug-likeness (QED) is 0.856. The van der Waals surface area contributed by atoms with Crippen molar-refractivity contribution in [2.24, 2.45) is 0 Å². The van der Waals surface area contributed by atoms with Gasteiger partial charge in [0.2, 0.25) is 10.0 Å². The lowest BCUT2D eigenvalue weighted by Crippen LogP contribution is -2.25. The Morgan fingerprint density at radius 3 is 2.68 bits per heavy atom. The van der Waals surface area contributed by atoms with Crippen molar-refractivity contribution in [1.82, 2.24) is 4.98 Å². The molecule has 0 spiro atoms. The topological polar surface area (TPSA) is 102 Å². The van der Waals surface area contributed by atoms with Gasteiger partial charge in [-0.1, -0.05) is 11.6 Å². The summed E-state index contributed by atoms with van der Waals surface area (Å²) in [5.41, 5.74) is 1.20. The van der Waals surface area contributed by atoms with Gasteiger partial charge in [-0.05, 0) is 26.0 Å². The van der Waals surface area contributed by atoms with E-state index in [-0.39, 0.29) is 17.1 Å². The van der Waals surface area contributed by atoms with Crippen molar-refractivity contribution in [1.29, 1.82) is 0 Å². The number of carbonyl (C=O) groups is 1. The summed E-state index contributed by atoms with van der Waals surface area (Å²) in [6.45, 7) is 3.31. The first kappa shape index (κ1) is 13.4. The summed E-state index contributed by atoms with van der Waals surface area (Å²) in [6.07, 6.45) is 0. The van der Waals surface area contributed by atoms with Crippen molar-refractivity contribution in [2.75, 3.05) is 10.5 Å². The molecule has 7 heteroatoms. The Morgan fingerprint density at radius 1 is 1.42 bits per heavy atom. The summed E-state index contributed by atoms with van der Waals surface area (Å²) in [7, 11) is -3.56. The van der Waals surface area contributed by atoms with Gasteiger partial charge in [0.1, 0.15) is 0 Å². The van der Waals surface area contributed by atoms with E-state index in [9.17, 15) is 18.3 Å². The number of aromatic amines is 1. The average molecular weight is 281 g/mol. The molecule has 0 radical (unpaired) electrons. The van der Waals surface area contributed by atoms with Gasteiger partial charge in [0, 0.05) is 10.9 Å². The van der Waals surface area contributed by atoms with Crippen molar-refractivity contribution < 1.29 is 18.3 Å². The number of aromatic carboxylic acids is 1. The minimum absolute atomic E-state index is 0.0283. The fraction of sp³-hybridized carbons (Fsp3) is 0.250. The third kappa shape index (κ3) is 2.55. The Morgan fingerprint density at radius 2 is 2.11 bits per heavy atom. The number of carbonyl (C=O) groups excluding carboxylic acids is 1. The fourth-order valence-corrected chi connectivity index (χ4v) is 2.46. The van der Waals surface area contributed by atoms with Crippen molar-refractivity contribution in [2.45, 2.75) is 13.8 Å². The first-order valence-electron chi connectivity index (χ1n) is 5.68. The molecule has 0 saturated carbocycles. The molecule has 0 aliphatic carbocycles. The first-order valence-corrected chi connectivity index (χ1v) is 7.33. The van der Waals surface area contributed by atoms with Crippen LogP contribution < -0.4 is 9.83 Å². The number of rotatable bonds is 4. The summed E-state index contributed by atoms with van der Waals surface area (Å²) < 4.78 is 25.6. The SMILES string of the molecule is CCS(=O)(=O)Nc1c(C(=O)[O-])[nH]c2ccc(C)cc12. The highest BCUT2D eigenvalue weighted by molar-refractivity contribution is 7.92. The number of fused-ring (bicyclic) bond motifs is 1. The van der Waals surface area contributed by atoms with Crippen LogP contribution in [0.1, 0.15) is 23.0 Å². The van der Waals surface area contributed by atoms with Crippen molar-refractivity contribution >= 4 is 32.6 Å². The zero-order chi connectivity index (χ0) is 14.2. The molecule has 0 atom stereocenters. The first-order chi connectivity index (χ1) is 8.84. The van der Waals surface area contributed by atoms with E-state index in [1.807, 2.05) is 6.92 Å². The van der Waals surface area contributed by atoms with E-state index >= 15 is 0 Å². The summed E-state index contributed by atoms with van der Waals surface area (Å²) in [5.74, 6) is -1.60. The fourth-order valence-electron chi connectivity index (χ4n) is 1.79. The van der Waals surface area contributed by atoms with Gasteiger partial charge in [0.05, 0.1) is 23.1 Å². The monoisotopic (exact) mass is 281 g/mol. The Bertz CT molecular complexity index is 746.